The van der Waals surface area contributed by atoms with Crippen LogP contribution in [0, 0.1) is 23.3 Å². The van der Waals surface area contributed by atoms with Crippen LogP contribution in [0.4, 0.5) is 36.4 Å². The molecule has 0 unspecified atom stereocenters. The van der Waals surface area contributed by atoms with Crippen molar-refractivity contribution < 1.29 is 49.4 Å². The molecule has 1 aromatic heterocycles. The minimum Gasteiger partial charge on any atom is -0.494 e. The van der Waals surface area contributed by atoms with Crippen molar-refractivity contribution in [2.24, 2.45) is 0 Å². The highest BCUT2D eigenvalue weighted by Gasteiger charge is 2.42. The van der Waals surface area contributed by atoms with Crippen LogP contribution in [-0.4, -0.2) is 12.5 Å². The molecule has 2 aromatic carbocycles. The number of alkyl halides is 3. The molecule has 0 atom stereocenters. The molecule has 0 saturated heterocycles. The predicted octanol–water partition coefficient (Wildman–Crippen LogP) is 6.08. The van der Waals surface area contributed by atoms with Gasteiger partial charge in [-0.05, 0) is 43.3 Å². The highest BCUT2D eigenvalue weighted by atomic mass is 19.4. The van der Waals surface area contributed by atoms with Gasteiger partial charge in [0.2, 0.25) is 0 Å². The van der Waals surface area contributed by atoms with Gasteiger partial charge in [-0.1, -0.05) is 0 Å². The van der Waals surface area contributed by atoms with Gasteiger partial charge in [-0.15, -0.1) is 0 Å². The van der Waals surface area contributed by atoms with Crippen LogP contribution in [0.15, 0.2) is 40.8 Å². The number of hydrogen-bond donors (Lipinski definition) is 1. The Kier molecular flexibility index (Phi) is 6.84. The SMILES string of the molecule is CCOc1ccc(OCc2ccc(C(=O)Nc3c(F)c(F)c(C(F)(F)F)c(F)c3F)o2)cc1. The van der Waals surface area contributed by atoms with E-state index in [1.165, 1.54) is 11.4 Å². The molecule has 0 aliphatic carbocycles. The average Bonchev–Trinajstić information content (AvgIpc) is 3.23. The van der Waals surface area contributed by atoms with Gasteiger partial charge in [0.25, 0.3) is 5.91 Å². The number of carbonyl (C=O) groups excluding carboxylic acids is 1. The average molecular weight is 477 g/mol. The summed E-state index contributed by atoms with van der Waals surface area (Å²) in [5.41, 5.74) is -4.48. The molecule has 1 heterocycles. The standard InChI is InChI=1S/C21H14F7NO4/c1-2-31-10-3-5-11(6-4-10)32-9-12-7-8-13(33-12)20(30)29-19-17(24)15(22)14(21(26,27)28)16(23)18(19)25/h3-8H,2,9H2,1H3,(H,29,30). The predicted molar refractivity (Wildman–Crippen MR) is 99.9 cm³/mol. The summed E-state index contributed by atoms with van der Waals surface area (Å²) < 4.78 is 109. The first-order valence-electron chi connectivity index (χ1n) is 9.21. The van der Waals surface area contributed by atoms with E-state index in [4.69, 9.17) is 13.9 Å². The number of amides is 1. The van der Waals surface area contributed by atoms with Crippen molar-refractivity contribution in [2.45, 2.75) is 19.7 Å². The smallest absolute Gasteiger partial charge is 0.422 e. The van der Waals surface area contributed by atoms with Crippen molar-refractivity contribution in [3.05, 3.63) is 76.8 Å². The van der Waals surface area contributed by atoms with Crippen LogP contribution in [0.2, 0.25) is 0 Å². The van der Waals surface area contributed by atoms with Crippen molar-refractivity contribution in [3.63, 3.8) is 0 Å². The fraction of sp³-hybridized carbons (Fsp3) is 0.190. The molecule has 0 radical (unpaired) electrons. The second-order valence-corrected chi connectivity index (χ2v) is 6.42. The highest BCUT2D eigenvalue weighted by molar-refractivity contribution is 6.02. The molecule has 3 rings (SSSR count). The van der Waals surface area contributed by atoms with Gasteiger partial charge in [-0.3, -0.25) is 4.79 Å². The molecule has 0 fully saturated rings. The molecular weight excluding hydrogens is 463 g/mol. The lowest BCUT2D eigenvalue weighted by atomic mass is 10.1. The summed E-state index contributed by atoms with van der Waals surface area (Å²) >= 11 is 0. The number of carbonyl (C=O) groups is 1. The molecule has 1 amide bonds. The maximum atomic E-state index is 13.9. The molecular formula is C21H14F7NO4. The number of hydrogen-bond acceptors (Lipinski definition) is 4. The largest absolute Gasteiger partial charge is 0.494 e. The normalized spacial score (nSPS) is 11.4. The minimum absolute atomic E-state index is 0.0970. The number of benzene rings is 2. The number of halogens is 7. The van der Waals surface area contributed by atoms with Gasteiger partial charge in [-0.25, -0.2) is 17.6 Å². The van der Waals surface area contributed by atoms with Crippen LogP contribution in [0.3, 0.4) is 0 Å². The molecule has 176 valence electrons. The van der Waals surface area contributed by atoms with Crippen LogP contribution in [0.25, 0.3) is 0 Å². The van der Waals surface area contributed by atoms with Crippen LogP contribution in [-0.2, 0) is 12.8 Å². The van der Waals surface area contributed by atoms with E-state index in [-0.39, 0.29) is 12.4 Å². The molecule has 0 aliphatic rings. The Balaban J connectivity index is 1.72. The molecule has 0 bridgehead atoms. The molecule has 1 N–H and O–H groups in total. The van der Waals surface area contributed by atoms with Crippen molar-refractivity contribution in [1.82, 2.24) is 0 Å². The third kappa shape index (κ3) is 5.21. The van der Waals surface area contributed by atoms with Gasteiger partial charge < -0.3 is 19.2 Å². The molecule has 0 spiro atoms. The van der Waals surface area contributed by atoms with Gasteiger partial charge in [0.05, 0.1) is 6.61 Å². The molecule has 5 nitrogen and oxygen atoms in total. The second kappa shape index (κ2) is 9.43. The third-order valence-corrected chi connectivity index (χ3v) is 4.19. The Bertz CT molecular complexity index is 1130. The van der Waals surface area contributed by atoms with E-state index in [1.54, 1.807) is 24.3 Å². The monoisotopic (exact) mass is 477 g/mol. The zero-order chi connectivity index (χ0) is 24.3. The Labute approximate surface area is 181 Å². The Morgan fingerprint density at radius 1 is 0.879 bits per heavy atom. The Morgan fingerprint density at radius 3 is 1.94 bits per heavy atom. The fourth-order valence-electron chi connectivity index (χ4n) is 2.70. The molecule has 0 saturated carbocycles. The second-order valence-electron chi connectivity index (χ2n) is 6.42. The summed E-state index contributed by atoms with van der Waals surface area (Å²) in [5.74, 6) is -11.0. The molecule has 33 heavy (non-hydrogen) atoms. The van der Waals surface area contributed by atoms with Crippen LogP contribution < -0.4 is 14.8 Å². The maximum Gasteiger partial charge on any atom is 0.422 e. The quantitative estimate of drug-likeness (QED) is 0.331. The van der Waals surface area contributed by atoms with Crippen molar-refractivity contribution in [3.8, 4) is 11.5 Å². The lowest BCUT2D eigenvalue weighted by molar-refractivity contribution is -0.143. The van der Waals surface area contributed by atoms with Gasteiger partial charge in [0, 0.05) is 0 Å². The first-order chi connectivity index (χ1) is 15.5. The first-order valence-corrected chi connectivity index (χ1v) is 9.21. The van der Waals surface area contributed by atoms with E-state index >= 15 is 0 Å². The maximum absolute atomic E-state index is 13.9. The highest BCUT2D eigenvalue weighted by Crippen LogP contribution is 2.38. The van der Waals surface area contributed by atoms with Crippen molar-refractivity contribution in [1.29, 1.82) is 0 Å². The number of ether oxygens (including phenoxy) is 2. The van der Waals surface area contributed by atoms with E-state index in [2.05, 4.69) is 0 Å². The van der Waals surface area contributed by atoms with Gasteiger partial charge in [0.1, 0.15) is 35.1 Å². The van der Waals surface area contributed by atoms with E-state index in [9.17, 15) is 35.5 Å². The summed E-state index contributed by atoms with van der Waals surface area (Å²) in [7, 11) is 0. The first kappa shape index (κ1) is 24.0. The lowest BCUT2D eigenvalue weighted by Gasteiger charge is -2.14. The Hall–Kier alpha value is -3.70. The zero-order valence-corrected chi connectivity index (χ0v) is 16.7. The lowest BCUT2D eigenvalue weighted by Crippen LogP contribution is -2.20. The van der Waals surface area contributed by atoms with Crippen LogP contribution in [0.1, 0.15) is 28.8 Å². The van der Waals surface area contributed by atoms with Gasteiger partial charge in [0.15, 0.2) is 29.0 Å². The van der Waals surface area contributed by atoms with E-state index < -0.39 is 52.4 Å². The van der Waals surface area contributed by atoms with Crippen molar-refractivity contribution >= 4 is 11.6 Å². The van der Waals surface area contributed by atoms with E-state index in [0.717, 1.165) is 6.07 Å². The Morgan fingerprint density at radius 2 is 1.42 bits per heavy atom. The van der Waals surface area contributed by atoms with E-state index in [0.29, 0.717) is 18.1 Å². The summed E-state index contributed by atoms with van der Waals surface area (Å²) in [6.45, 7) is 2.15. The molecule has 3 aromatic rings. The zero-order valence-electron chi connectivity index (χ0n) is 16.7. The number of rotatable bonds is 7. The number of furan rings is 1. The number of anilines is 1. The molecule has 0 aliphatic heterocycles. The third-order valence-electron chi connectivity index (χ3n) is 4.19. The summed E-state index contributed by atoms with van der Waals surface area (Å²) in [5, 5.41) is 1.48. The number of nitrogens with one attached hydrogen (secondary N) is 1. The fourth-order valence-corrected chi connectivity index (χ4v) is 2.70. The van der Waals surface area contributed by atoms with Gasteiger partial charge in [-0.2, -0.15) is 13.2 Å². The van der Waals surface area contributed by atoms with Crippen molar-refractivity contribution in [2.75, 3.05) is 11.9 Å². The van der Waals surface area contributed by atoms with E-state index in [1.807, 2.05) is 6.92 Å². The summed E-state index contributed by atoms with van der Waals surface area (Å²) in [6, 6.07) is 8.89. The summed E-state index contributed by atoms with van der Waals surface area (Å²) in [6.07, 6.45) is -5.70. The molecule has 12 heteroatoms. The van der Waals surface area contributed by atoms with Gasteiger partial charge >= 0.3 is 6.18 Å². The summed E-state index contributed by atoms with van der Waals surface area (Å²) in [4.78, 5) is 12.1. The van der Waals surface area contributed by atoms with Crippen LogP contribution in [0.5, 0.6) is 11.5 Å². The minimum atomic E-state index is -5.70. The topological polar surface area (TPSA) is 60.7 Å². The van der Waals surface area contributed by atoms with Crippen LogP contribution >= 0.6 is 0 Å².